The van der Waals surface area contributed by atoms with E-state index in [1.807, 2.05) is 6.92 Å². The first-order chi connectivity index (χ1) is 7.50. The molecule has 0 aliphatic carbocycles. The number of aromatic nitrogens is 1. The molecule has 1 atom stereocenters. The minimum absolute atomic E-state index is 0.208. The van der Waals surface area contributed by atoms with Crippen molar-refractivity contribution in [2.45, 2.75) is 18.2 Å². The molecule has 0 aromatic carbocycles. The molecule has 3 nitrogen and oxygen atoms in total. The Bertz CT molecular complexity index is 371. The van der Waals surface area contributed by atoms with Crippen LogP contribution in [0.3, 0.4) is 0 Å². The van der Waals surface area contributed by atoms with Gasteiger partial charge in [-0.3, -0.25) is 9.78 Å². The molecule has 0 N–H and O–H groups in total. The van der Waals surface area contributed by atoms with Gasteiger partial charge in [-0.05, 0) is 12.5 Å². The summed E-state index contributed by atoms with van der Waals surface area (Å²) < 4.78 is 12.9. The molecule has 0 fully saturated rings. The average Bonchev–Trinajstić information content (AvgIpc) is 2.24. The van der Waals surface area contributed by atoms with Crippen molar-refractivity contribution in [3.8, 4) is 0 Å². The van der Waals surface area contributed by atoms with Gasteiger partial charge in [-0.15, -0.1) is 0 Å². The van der Waals surface area contributed by atoms with E-state index >= 15 is 0 Å². The highest BCUT2D eigenvalue weighted by Crippen LogP contribution is 2.08. The SMILES string of the molecule is CC(Br)CCN(C)C(=O)c1cncc(F)c1. The van der Waals surface area contributed by atoms with Crippen LogP contribution in [0.5, 0.6) is 0 Å². The Labute approximate surface area is 103 Å². The third kappa shape index (κ3) is 3.89. The van der Waals surface area contributed by atoms with E-state index in [0.29, 0.717) is 11.4 Å². The van der Waals surface area contributed by atoms with Gasteiger partial charge in [0, 0.05) is 24.6 Å². The summed E-state index contributed by atoms with van der Waals surface area (Å²) in [6, 6.07) is 1.20. The number of carbonyl (C=O) groups excluding carboxylic acids is 1. The van der Waals surface area contributed by atoms with E-state index in [2.05, 4.69) is 20.9 Å². The second-order valence-electron chi connectivity index (χ2n) is 3.69. The van der Waals surface area contributed by atoms with E-state index in [4.69, 9.17) is 0 Å². The molecule has 1 aromatic heterocycles. The summed E-state index contributed by atoms with van der Waals surface area (Å²) in [6.07, 6.45) is 3.31. The van der Waals surface area contributed by atoms with Gasteiger partial charge in [0.2, 0.25) is 0 Å². The molecule has 0 radical (unpaired) electrons. The number of nitrogens with zero attached hydrogens (tertiary/aromatic N) is 2. The largest absolute Gasteiger partial charge is 0.342 e. The van der Waals surface area contributed by atoms with Crippen molar-refractivity contribution in [2.75, 3.05) is 13.6 Å². The molecular weight excluding hydrogens is 275 g/mol. The van der Waals surface area contributed by atoms with Crippen LogP contribution in [0.1, 0.15) is 23.7 Å². The molecule has 1 rings (SSSR count). The zero-order chi connectivity index (χ0) is 12.1. The van der Waals surface area contributed by atoms with Gasteiger partial charge < -0.3 is 4.90 Å². The topological polar surface area (TPSA) is 33.2 Å². The predicted octanol–water partition coefficient (Wildman–Crippen LogP) is 2.47. The van der Waals surface area contributed by atoms with Crippen LogP contribution in [0.25, 0.3) is 0 Å². The molecule has 88 valence electrons. The van der Waals surface area contributed by atoms with E-state index in [0.717, 1.165) is 12.6 Å². The lowest BCUT2D eigenvalue weighted by Crippen LogP contribution is -2.28. The second kappa shape index (κ2) is 5.94. The van der Waals surface area contributed by atoms with Crippen LogP contribution in [0, 0.1) is 5.82 Å². The van der Waals surface area contributed by atoms with Crippen LogP contribution < -0.4 is 0 Å². The minimum Gasteiger partial charge on any atom is -0.342 e. The van der Waals surface area contributed by atoms with Gasteiger partial charge in [0.25, 0.3) is 5.91 Å². The second-order valence-corrected chi connectivity index (χ2v) is 5.25. The Kier molecular flexibility index (Phi) is 4.86. The van der Waals surface area contributed by atoms with Gasteiger partial charge in [0.15, 0.2) is 0 Å². The van der Waals surface area contributed by atoms with Gasteiger partial charge in [-0.1, -0.05) is 22.9 Å². The summed E-state index contributed by atoms with van der Waals surface area (Å²) in [5.41, 5.74) is 0.282. The number of hydrogen-bond donors (Lipinski definition) is 0. The average molecular weight is 289 g/mol. The number of alkyl halides is 1. The van der Waals surface area contributed by atoms with Crippen molar-refractivity contribution >= 4 is 21.8 Å². The first-order valence-electron chi connectivity index (χ1n) is 5.01. The first kappa shape index (κ1) is 13.1. The van der Waals surface area contributed by atoms with Crippen LogP contribution in [0.15, 0.2) is 18.5 Å². The fourth-order valence-corrected chi connectivity index (χ4v) is 1.43. The van der Waals surface area contributed by atoms with E-state index in [1.165, 1.54) is 12.3 Å². The fraction of sp³-hybridized carbons (Fsp3) is 0.455. The maximum atomic E-state index is 12.9. The van der Waals surface area contributed by atoms with Crippen LogP contribution in [0.2, 0.25) is 0 Å². The number of hydrogen-bond acceptors (Lipinski definition) is 2. The summed E-state index contributed by atoms with van der Waals surface area (Å²) in [5, 5.41) is 0. The number of carbonyl (C=O) groups is 1. The minimum atomic E-state index is -0.492. The van der Waals surface area contributed by atoms with Gasteiger partial charge in [0.05, 0.1) is 11.8 Å². The molecule has 0 bridgehead atoms. The van der Waals surface area contributed by atoms with Gasteiger partial charge in [-0.2, -0.15) is 0 Å². The lowest BCUT2D eigenvalue weighted by atomic mass is 10.2. The van der Waals surface area contributed by atoms with E-state index < -0.39 is 5.82 Å². The molecule has 0 spiro atoms. The smallest absolute Gasteiger partial charge is 0.255 e. The highest BCUT2D eigenvalue weighted by atomic mass is 79.9. The molecule has 1 unspecified atom stereocenters. The molecule has 1 heterocycles. The van der Waals surface area contributed by atoms with Crippen LogP contribution in [-0.2, 0) is 0 Å². The fourth-order valence-electron chi connectivity index (χ4n) is 1.22. The third-order valence-corrected chi connectivity index (χ3v) is 2.62. The third-order valence-electron chi connectivity index (χ3n) is 2.16. The molecule has 16 heavy (non-hydrogen) atoms. The van der Waals surface area contributed by atoms with Gasteiger partial charge in [-0.25, -0.2) is 4.39 Å². The van der Waals surface area contributed by atoms with Crippen molar-refractivity contribution < 1.29 is 9.18 Å². The lowest BCUT2D eigenvalue weighted by Gasteiger charge is -2.17. The zero-order valence-corrected chi connectivity index (χ0v) is 10.9. The number of amides is 1. The standard InChI is InChI=1S/C11H14BrFN2O/c1-8(12)3-4-15(2)11(16)9-5-10(13)7-14-6-9/h5-8H,3-4H2,1-2H3. The summed E-state index contributed by atoms with van der Waals surface area (Å²) in [7, 11) is 1.70. The van der Waals surface area contributed by atoms with Crippen molar-refractivity contribution in [3.05, 3.63) is 29.8 Å². The quantitative estimate of drug-likeness (QED) is 0.798. The maximum absolute atomic E-state index is 12.9. The molecule has 1 aromatic rings. The Morgan fingerprint density at radius 1 is 1.62 bits per heavy atom. The highest BCUT2D eigenvalue weighted by molar-refractivity contribution is 9.09. The summed E-state index contributed by atoms with van der Waals surface area (Å²) in [4.78, 5) is 17.4. The van der Waals surface area contributed by atoms with Crippen molar-refractivity contribution in [3.63, 3.8) is 0 Å². The van der Waals surface area contributed by atoms with Crippen molar-refractivity contribution in [1.29, 1.82) is 0 Å². The number of halogens is 2. The Morgan fingerprint density at radius 2 is 2.31 bits per heavy atom. The monoisotopic (exact) mass is 288 g/mol. The molecule has 1 amide bonds. The molecule has 5 heteroatoms. The van der Waals surface area contributed by atoms with Gasteiger partial charge >= 0.3 is 0 Å². The molecular formula is C11H14BrFN2O. The first-order valence-corrected chi connectivity index (χ1v) is 5.92. The van der Waals surface area contributed by atoms with Crippen LogP contribution in [-0.4, -0.2) is 34.2 Å². The predicted molar refractivity (Wildman–Crippen MR) is 64.2 cm³/mol. The summed E-state index contributed by atoms with van der Waals surface area (Å²) >= 11 is 3.41. The number of rotatable bonds is 4. The lowest BCUT2D eigenvalue weighted by molar-refractivity contribution is 0.0793. The highest BCUT2D eigenvalue weighted by Gasteiger charge is 2.12. The van der Waals surface area contributed by atoms with Crippen molar-refractivity contribution in [1.82, 2.24) is 9.88 Å². The molecule has 0 saturated heterocycles. The molecule has 0 aliphatic heterocycles. The summed E-state index contributed by atoms with van der Waals surface area (Å²) in [6.45, 7) is 2.64. The normalized spacial score (nSPS) is 12.2. The van der Waals surface area contributed by atoms with E-state index in [9.17, 15) is 9.18 Å². The van der Waals surface area contributed by atoms with E-state index in [-0.39, 0.29) is 11.5 Å². The molecule has 0 saturated carbocycles. The Morgan fingerprint density at radius 3 is 2.88 bits per heavy atom. The van der Waals surface area contributed by atoms with Gasteiger partial charge in [0.1, 0.15) is 5.82 Å². The molecule has 0 aliphatic rings. The Hall–Kier alpha value is -0.970. The van der Waals surface area contributed by atoms with E-state index in [1.54, 1.807) is 11.9 Å². The zero-order valence-electron chi connectivity index (χ0n) is 9.28. The maximum Gasteiger partial charge on any atom is 0.255 e. The Balaban J connectivity index is 2.63. The van der Waals surface area contributed by atoms with Crippen LogP contribution in [0.4, 0.5) is 4.39 Å². The van der Waals surface area contributed by atoms with Crippen LogP contribution >= 0.6 is 15.9 Å². The summed E-state index contributed by atoms with van der Waals surface area (Å²) in [5.74, 6) is -0.701. The van der Waals surface area contributed by atoms with Crippen molar-refractivity contribution in [2.24, 2.45) is 0 Å². The number of pyridine rings is 1.